The molecule has 4 heteroatoms. The molecule has 0 saturated heterocycles. The van der Waals surface area contributed by atoms with E-state index in [4.69, 9.17) is 0 Å². The first-order chi connectivity index (χ1) is 4.48. The lowest BCUT2D eigenvalue weighted by molar-refractivity contribution is -0.0514. The van der Waals surface area contributed by atoms with Crippen LogP contribution in [0.25, 0.3) is 0 Å². The maximum Gasteiger partial charge on any atom is 0.359 e. The summed E-state index contributed by atoms with van der Waals surface area (Å²) < 4.78 is 35.5. The minimum Gasteiger partial charge on any atom is -0.177 e. The second-order valence-electron chi connectivity index (χ2n) is 2.38. The van der Waals surface area contributed by atoms with Crippen LogP contribution in [0.4, 0.5) is 13.2 Å². The van der Waals surface area contributed by atoms with E-state index in [9.17, 15) is 13.2 Å². The summed E-state index contributed by atoms with van der Waals surface area (Å²) in [6, 6.07) is 0.366. The number of halogens is 3. The summed E-state index contributed by atoms with van der Waals surface area (Å²) in [5, 5.41) is 0. The molecule has 61 valence electrons. The molecule has 0 aliphatic carbocycles. The Bertz CT molecular complexity index is 89.5. The lowest BCUT2D eigenvalue weighted by Crippen LogP contribution is -2.29. The Labute approximate surface area is 61.0 Å². The highest BCUT2D eigenvalue weighted by Crippen LogP contribution is 2.22. The van der Waals surface area contributed by atoms with Crippen LogP contribution >= 0.6 is 0 Å². The molecule has 0 amide bonds. The van der Waals surface area contributed by atoms with Crippen molar-refractivity contribution in [3.05, 3.63) is 0 Å². The molecule has 1 radical (unpaired) electrons. The molecule has 0 bridgehead atoms. The van der Waals surface area contributed by atoms with Gasteiger partial charge in [0.25, 0.3) is 0 Å². The fourth-order valence-corrected chi connectivity index (χ4v) is 1.75. The van der Waals surface area contributed by atoms with Crippen LogP contribution in [-0.2, 0) is 0 Å². The van der Waals surface area contributed by atoms with Crippen molar-refractivity contribution in [3.63, 3.8) is 0 Å². The molecule has 0 N–H and O–H groups in total. The predicted molar refractivity (Wildman–Crippen MR) is 37.4 cm³/mol. The van der Waals surface area contributed by atoms with Crippen LogP contribution in [0.2, 0.25) is 12.6 Å². The van der Waals surface area contributed by atoms with Crippen molar-refractivity contribution in [2.75, 3.05) is 0 Å². The Balaban J connectivity index is 3.52. The minimum atomic E-state index is -3.89. The van der Waals surface area contributed by atoms with E-state index in [2.05, 4.69) is 0 Å². The highest BCUT2D eigenvalue weighted by molar-refractivity contribution is 6.59. The molecule has 0 heterocycles. The van der Waals surface area contributed by atoms with Gasteiger partial charge in [0.1, 0.15) is 0 Å². The highest BCUT2D eigenvalue weighted by atomic mass is 28.3. The van der Waals surface area contributed by atoms with E-state index in [1.54, 1.807) is 0 Å². The quantitative estimate of drug-likeness (QED) is 0.570. The normalized spacial score (nSPS) is 12.6. The lowest BCUT2D eigenvalue weighted by Gasteiger charge is -2.11. The van der Waals surface area contributed by atoms with Crippen molar-refractivity contribution in [2.24, 2.45) is 0 Å². The topological polar surface area (TPSA) is 0 Å². The van der Waals surface area contributed by atoms with E-state index in [0.29, 0.717) is 12.5 Å². The minimum absolute atomic E-state index is 0.366. The van der Waals surface area contributed by atoms with Gasteiger partial charge in [0.05, 0.1) is 0 Å². The van der Waals surface area contributed by atoms with E-state index in [0.717, 1.165) is 6.42 Å². The monoisotopic (exact) mass is 169 g/mol. The van der Waals surface area contributed by atoms with Crippen molar-refractivity contribution in [2.45, 2.75) is 38.2 Å². The maximum absolute atomic E-state index is 11.8. The Kier molecular flexibility index (Phi) is 4.01. The van der Waals surface area contributed by atoms with Gasteiger partial charge in [-0.05, 0) is 0 Å². The Morgan fingerprint density at radius 3 is 2.10 bits per heavy atom. The number of alkyl halides is 3. The van der Waals surface area contributed by atoms with Crippen molar-refractivity contribution >= 4 is 8.80 Å². The zero-order chi connectivity index (χ0) is 8.20. The van der Waals surface area contributed by atoms with Gasteiger partial charge >= 0.3 is 5.80 Å². The first-order valence-corrected chi connectivity index (χ1v) is 5.58. The summed E-state index contributed by atoms with van der Waals surface area (Å²) in [5.74, 6) is -3.89. The number of rotatable bonds is 3. The van der Waals surface area contributed by atoms with E-state index in [-0.39, 0.29) is 0 Å². The molecule has 0 spiro atoms. The summed E-state index contributed by atoms with van der Waals surface area (Å²) in [6.45, 7) is 3.24. The lowest BCUT2D eigenvalue weighted by atomic mass is 10.4. The second-order valence-corrected chi connectivity index (χ2v) is 5.01. The predicted octanol–water partition coefficient (Wildman–Crippen LogP) is 3.01. The fourth-order valence-electron chi connectivity index (χ4n) is 0.584. The molecule has 0 aromatic heterocycles. The van der Waals surface area contributed by atoms with E-state index < -0.39 is 14.6 Å². The first-order valence-electron chi connectivity index (χ1n) is 3.38. The number of hydrogen-bond acceptors (Lipinski definition) is 0. The van der Waals surface area contributed by atoms with Crippen LogP contribution in [0.3, 0.4) is 0 Å². The van der Waals surface area contributed by atoms with E-state index in [1.807, 2.05) is 6.92 Å². The molecule has 0 saturated carbocycles. The zero-order valence-electron chi connectivity index (χ0n) is 6.26. The van der Waals surface area contributed by atoms with Crippen LogP contribution in [0, 0.1) is 0 Å². The van der Waals surface area contributed by atoms with Crippen molar-refractivity contribution in [1.29, 1.82) is 0 Å². The van der Waals surface area contributed by atoms with Crippen molar-refractivity contribution in [1.82, 2.24) is 0 Å². The summed E-state index contributed by atoms with van der Waals surface area (Å²) in [4.78, 5) is 0. The van der Waals surface area contributed by atoms with Gasteiger partial charge in [-0.3, -0.25) is 0 Å². The second kappa shape index (κ2) is 4.01. The van der Waals surface area contributed by atoms with Gasteiger partial charge in [-0.25, -0.2) is 0 Å². The van der Waals surface area contributed by atoms with Crippen molar-refractivity contribution < 1.29 is 13.2 Å². The molecule has 10 heavy (non-hydrogen) atoms. The van der Waals surface area contributed by atoms with Crippen LogP contribution in [-0.4, -0.2) is 14.6 Å². The number of unbranched alkanes of at least 4 members (excludes halogenated alkanes) is 1. The smallest absolute Gasteiger partial charge is 0.177 e. The fraction of sp³-hybridized carbons (Fsp3) is 1.00. The van der Waals surface area contributed by atoms with Gasteiger partial charge in [0, 0.05) is 0 Å². The van der Waals surface area contributed by atoms with Crippen molar-refractivity contribution in [3.8, 4) is 0 Å². The van der Waals surface area contributed by atoms with Gasteiger partial charge in [-0.2, -0.15) is 13.2 Å². The molecule has 0 fully saturated rings. The van der Waals surface area contributed by atoms with E-state index in [1.165, 1.54) is 6.55 Å². The van der Waals surface area contributed by atoms with Gasteiger partial charge in [-0.1, -0.05) is 32.4 Å². The number of hydrogen-bond donors (Lipinski definition) is 0. The summed E-state index contributed by atoms with van der Waals surface area (Å²) in [5.41, 5.74) is 0. The largest absolute Gasteiger partial charge is 0.359 e. The highest BCUT2D eigenvalue weighted by Gasteiger charge is 2.36. The van der Waals surface area contributed by atoms with Gasteiger partial charge in [0.2, 0.25) is 0 Å². The third-order valence-electron chi connectivity index (χ3n) is 1.39. The molecular formula is C6H12F3Si. The zero-order valence-corrected chi connectivity index (χ0v) is 7.26. The summed E-state index contributed by atoms with van der Waals surface area (Å²) in [7, 11) is -2.07. The molecule has 0 aromatic rings. The average Bonchev–Trinajstić information content (AvgIpc) is 1.80. The Morgan fingerprint density at radius 2 is 1.80 bits per heavy atom. The first kappa shape index (κ1) is 10.0. The van der Waals surface area contributed by atoms with Crippen LogP contribution in [0.15, 0.2) is 0 Å². The Morgan fingerprint density at radius 1 is 1.30 bits per heavy atom. The summed E-state index contributed by atoms with van der Waals surface area (Å²) >= 11 is 0. The summed E-state index contributed by atoms with van der Waals surface area (Å²) in [6.07, 6.45) is 1.57. The third-order valence-corrected chi connectivity index (χ3v) is 3.46. The molecule has 0 unspecified atom stereocenters. The molecular weight excluding hydrogens is 157 g/mol. The standard InChI is InChI=1S/C6H12F3Si/c1-3-4-5-10(2)6(7,8)9/h3-5H2,1-2H3. The SMILES string of the molecule is CCCC[Si](C)C(F)(F)F. The Hall–Kier alpha value is 0.00688. The van der Waals surface area contributed by atoms with Gasteiger partial charge < -0.3 is 0 Å². The van der Waals surface area contributed by atoms with E-state index >= 15 is 0 Å². The van der Waals surface area contributed by atoms with Crippen LogP contribution in [0.1, 0.15) is 19.8 Å². The molecule has 0 aliphatic heterocycles. The van der Waals surface area contributed by atoms with Gasteiger partial charge in [-0.15, -0.1) is 0 Å². The molecule has 0 aromatic carbocycles. The third kappa shape index (κ3) is 3.93. The van der Waals surface area contributed by atoms with Crippen LogP contribution in [0.5, 0.6) is 0 Å². The molecule has 0 nitrogen and oxygen atoms in total. The molecule has 0 rings (SSSR count). The van der Waals surface area contributed by atoms with Gasteiger partial charge in [0.15, 0.2) is 8.80 Å². The van der Waals surface area contributed by atoms with Crippen LogP contribution < -0.4 is 0 Å². The molecule has 0 atom stereocenters. The maximum atomic E-state index is 11.8. The average molecular weight is 169 g/mol. The molecule has 0 aliphatic rings.